The maximum absolute atomic E-state index is 12.6. The van der Waals surface area contributed by atoms with Crippen LogP contribution in [0.25, 0.3) is 0 Å². The van der Waals surface area contributed by atoms with Gasteiger partial charge in [-0.05, 0) is 25.0 Å². The molecule has 7 heteroatoms. The molecular weight excluding hydrogens is 254 g/mol. The predicted molar refractivity (Wildman–Crippen MR) is 60.4 cm³/mol. The number of alkyl halides is 2. The van der Waals surface area contributed by atoms with Gasteiger partial charge < -0.3 is 5.73 Å². The van der Waals surface area contributed by atoms with E-state index in [1.807, 2.05) is 0 Å². The molecule has 0 saturated heterocycles. The van der Waals surface area contributed by atoms with Gasteiger partial charge >= 0.3 is 0 Å². The number of nitrogens with two attached hydrogens (primary N) is 1. The molecule has 0 aromatic heterocycles. The zero-order valence-corrected chi connectivity index (χ0v) is 9.75. The number of benzene rings is 1. The smallest absolute Gasteiger partial charge is 0.269 e. The lowest BCUT2D eigenvalue weighted by Crippen LogP contribution is -2.45. The van der Waals surface area contributed by atoms with Crippen molar-refractivity contribution in [2.75, 3.05) is 0 Å². The van der Waals surface area contributed by atoms with Crippen molar-refractivity contribution in [3.8, 4) is 0 Å². The van der Waals surface area contributed by atoms with Crippen LogP contribution in [0.2, 0.25) is 5.02 Å². The van der Waals surface area contributed by atoms with Crippen LogP contribution in [-0.4, -0.2) is 16.9 Å². The molecular formula is C10H11ClF2N2O2. The second-order valence-corrected chi connectivity index (χ2v) is 4.42. The summed E-state index contributed by atoms with van der Waals surface area (Å²) in [5, 5.41) is 10.7. The van der Waals surface area contributed by atoms with E-state index in [1.54, 1.807) is 0 Å². The normalized spacial score (nSPS) is 14.7. The summed E-state index contributed by atoms with van der Waals surface area (Å²) in [6, 6.07) is 3.68. The number of nitro benzene ring substituents is 1. The Balaban J connectivity index is 3.06. The molecule has 0 aliphatic rings. The van der Waals surface area contributed by atoms with E-state index in [-0.39, 0.29) is 22.7 Å². The van der Waals surface area contributed by atoms with Crippen LogP contribution in [0, 0.1) is 10.1 Å². The van der Waals surface area contributed by atoms with E-state index in [1.165, 1.54) is 19.1 Å². The Hall–Kier alpha value is -1.27. The maximum Gasteiger partial charge on any atom is 0.269 e. The molecule has 0 bridgehead atoms. The van der Waals surface area contributed by atoms with Crippen molar-refractivity contribution in [1.82, 2.24) is 0 Å². The summed E-state index contributed by atoms with van der Waals surface area (Å²) in [6.45, 7) is 1.17. The first-order valence-corrected chi connectivity index (χ1v) is 5.11. The number of nitrogens with zero attached hydrogens (tertiary/aromatic N) is 1. The summed E-state index contributed by atoms with van der Waals surface area (Å²) in [5.41, 5.74) is 3.69. The zero-order chi connectivity index (χ0) is 13.2. The topological polar surface area (TPSA) is 69.2 Å². The maximum atomic E-state index is 12.6. The third-order valence-corrected chi connectivity index (χ3v) is 2.68. The summed E-state index contributed by atoms with van der Waals surface area (Å²) in [7, 11) is 0. The summed E-state index contributed by atoms with van der Waals surface area (Å²) < 4.78 is 25.2. The van der Waals surface area contributed by atoms with E-state index in [0.29, 0.717) is 0 Å². The molecule has 0 radical (unpaired) electrons. The highest BCUT2D eigenvalue weighted by atomic mass is 35.5. The fraction of sp³-hybridized carbons (Fsp3) is 0.400. The largest absolute Gasteiger partial charge is 0.320 e. The Morgan fingerprint density at radius 1 is 1.59 bits per heavy atom. The van der Waals surface area contributed by atoms with Gasteiger partial charge in [0.15, 0.2) is 0 Å². The molecule has 1 rings (SSSR count). The van der Waals surface area contributed by atoms with Gasteiger partial charge in [0.2, 0.25) is 0 Å². The first-order chi connectivity index (χ1) is 7.74. The van der Waals surface area contributed by atoms with Gasteiger partial charge in [0.05, 0.1) is 10.5 Å². The summed E-state index contributed by atoms with van der Waals surface area (Å²) >= 11 is 5.79. The second-order valence-electron chi connectivity index (χ2n) is 4.02. The molecule has 0 spiro atoms. The van der Waals surface area contributed by atoms with Gasteiger partial charge in [-0.1, -0.05) is 11.6 Å². The fourth-order valence-electron chi connectivity index (χ4n) is 1.30. The van der Waals surface area contributed by atoms with E-state index in [4.69, 9.17) is 17.3 Å². The van der Waals surface area contributed by atoms with E-state index in [2.05, 4.69) is 0 Å². The lowest BCUT2D eigenvalue weighted by molar-refractivity contribution is -0.384. The summed E-state index contributed by atoms with van der Waals surface area (Å²) in [4.78, 5) is 9.93. The highest BCUT2D eigenvalue weighted by Gasteiger charge is 2.31. The van der Waals surface area contributed by atoms with Crippen LogP contribution in [-0.2, 0) is 6.42 Å². The van der Waals surface area contributed by atoms with Gasteiger partial charge in [-0.15, -0.1) is 0 Å². The van der Waals surface area contributed by atoms with E-state index >= 15 is 0 Å². The van der Waals surface area contributed by atoms with Crippen molar-refractivity contribution in [2.45, 2.75) is 25.3 Å². The minimum Gasteiger partial charge on any atom is -0.320 e. The number of halogens is 3. The van der Waals surface area contributed by atoms with Crippen LogP contribution in [0.3, 0.4) is 0 Å². The van der Waals surface area contributed by atoms with Crippen molar-refractivity contribution >= 4 is 17.3 Å². The molecule has 2 N–H and O–H groups in total. The van der Waals surface area contributed by atoms with Crippen molar-refractivity contribution in [3.63, 3.8) is 0 Å². The van der Waals surface area contributed by atoms with Gasteiger partial charge in [0.1, 0.15) is 0 Å². The summed E-state index contributed by atoms with van der Waals surface area (Å²) in [5.74, 6) is 0. The second kappa shape index (κ2) is 4.93. The average Bonchev–Trinajstić information content (AvgIpc) is 2.20. The number of nitro groups is 1. The van der Waals surface area contributed by atoms with Crippen LogP contribution < -0.4 is 5.73 Å². The van der Waals surface area contributed by atoms with E-state index in [0.717, 1.165) is 6.07 Å². The Morgan fingerprint density at radius 2 is 2.18 bits per heavy atom. The predicted octanol–water partition coefficient (Wildman–Crippen LogP) is 2.77. The Morgan fingerprint density at radius 3 is 2.65 bits per heavy atom. The Bertz CT molecular complexity index is 438. The molecule has 0 aliphatic carbocycles. The van der Waals surface area contributed by atoms with Gasteiger partial charge in [0, 0.05) is 17.2 Å². The molecule has 1 atom stereocenters. The third-order valence-electron chi connectivity index (χ3n) is 2.31. The SMILES string of the molecule is CC(N)(Cc1cc([N+](=O)[O-])ccc1Cl)C(F)F. The molecule has 0 heterocycles. The summed E-state index contributed by atoms with van der Waals surface area (Å²) in [6.07, 6.45) is -2.97. The van der Waals surface area contributed by atoms with Crippen molar-refractivity contribution in [3.05, 3.63) is 38.9 Å². The quantitative estimate of drug-likeness (QED) is 0.671. The van der Waals surface area contributed by atoms with Crippen molar-refractivity contribution < 1.29 is 13.7 Å². The minimum absolute atomic E-state index is 0.188. The molecule has 0 aliphatic heterocycles. The Labute approximate surface area is 102 Å². The zero-order valence-electron chi connectivity index (χ0n) is 8.99. The Kier molecular flexibility index (Phi) is 4.00. The fourth-order valence-corrected chi connectivity index (χ4v) is 1.48. The molecule has 0 amide bonds. The van der Waals surface area contributed by atoms with Crippen LogP contribution >= 0.6 is 11.6 Å². The van der Waals surface area contributed by atoms with Crippen LogP contribution in [0.5, 0.6) is 0 Å². The lowest BCUT2D eigenvalue weighted by Gasteiger charge is -2.23. The van der Waals surface area contributed by atoms with Gasteiger partial charge in [-0.25, -0.2) is 8.78 Å². The van der Waals surface area contributed by atoms with E-state index in [9.17, 15) is 18.9 Å². The van der Waals surface area contributed by atoms with E-state index < -0.39 is 16.9 Å². The monoisotopic (exact) mass is 264 g/mol. The molecule has 0 saturated carbocycles. The molecule has 0 fully saturated rings. The van der Waals surface area contributed by atoms with Crippen LogP contribution in [0.15, 0.2) is 18.2 Å². The first kappa shape index (κ1) is 13.8. The number of rotatable bonds is 4. The molecule has 1 aromatic rings. The molecule has 94 valence electrons. The number of hydrogen-bond donors (Lipinski definition) is 1. The van der Waals surface area contributed by atoms with Gasteiger partial charge in [0.25, 0.3) is 12.1 Å². The van der Waals surface area contributed by atoms with Crippen LogP contribution in [0.1, 0.15) is 12.5 Å². The van der Waals surface area contributed by atoms with Gasteiger partial charge in [-0.2, -0.15) is 0 Å². The third kappa shape index (κ3) is 3.34. The standard InChI is InChI=1S/C10H11ClF2N2O2/c1-10(14,9(12)13)5-6-4-7(15(16)17)2-3-8(6)11/h2-4,9H,5,14H2,1H3. The average molecular weight is 265 g/mol. The lowest BCUT2D eigenvalue weighted by atomic mass is 9.94. The molecule has 1 aromatic carbocycles. The number of non-ortho nitro benzene ring substituents is 1. The minimum atomic E-state index is -2.74. The van der Waals surface area contributed by atoms with Gasteiger partial charge in [-0.3, -0.25) is 10.1 Å². The number of hydrogen-bond acceptors (Lipinski definition) is 3. The van der Waals surface area contributed by atoms with Crippen molar-refractivity contribution in [1.29, 1.82) is 0 Å². The molecule has 4 nitrogen and oxygen atoms in total. The van der Waals surface area contributed by atoms with Crippen LogP contribution in [0.4, 0.5) is 14.5 Å². The highest BCUT2D eigenvalue weighted by molar-refractivity contribution is 6.31. The molecule has 1 unspecified atom stereocenters. The first-order valence-electron chi connectivity index (χ1n) is 4.74. The molecule has 17 heavy (non-hydrogen) atoms. The highest BCUT2D eigenvalue weighted by Crippen LogP contribution is 2.27. The van der Waals surface area contributed by atoms with Crippen molar-refractivity contribution in [2.24, 2.45) is 5.73 Å².